The van der Waals surface area contributed by atoms with Gasteiger partial charge in [0.25, 0.3) is 0 Å². The molecule has 1 atom stereocenters. The zero-order chi connectivity index (χ0) is 24.1. The fourth-order valence-electron chi connectivity index (χ4n) is 5.03. The van der Waals surface area contributed by atoms with Crippen LogP contribution in [-0.2, 0) is 4.79 Å². The van der Waals surface area contributed by atoms with Crippen molar-refractivity contribution in [3.05, 3.63) is 12.1 Å². The second-order valence-corrected chi connectivity index (χ2v) is 10.4. The summed E-state index contributed by atoms with van der Waals surface area (Å²) < 4.78 is 18.9. The summed E-state index contributed by atoms with van der Waals surface area (Å²) in [5.41, 5.74) is 0.850. The number of ether oxygens (including phenoxy) is 3. The van der Waals surface area contributed by atoms with Crippen LogP contribution in [0.15, 0.2) is 17.3 Å². The number of rotatable bonds is 9. The third kappa shape index (κ3) is 5.29. The molecule has 1 aromatic heterocycles. The molecule has 34 heavy (non-hydrogen) atoms. The van der Waals surface area contributed by atoms with Crippen LogP contribution in [0.2, 0.25) is 0 Å². The highest BCUT2D eigenvalue weighted by atomic mass is 32.2. The first kappa shape index (κ1) is 24.7. The molecule has 2 saturated carbocycles. The molecular weight excluding hydrogens is 452 g/mol. The van der Waals surface area contributed by atoms with Gasteiger partial charge < -0.3 is 19.5 Å². The molecule has 186 valence electrons. The molecule has 2 aliphatic rings. The molecule has 0 radical (unpaired) electrons. The molecule has 4 rings (SSSR count). The Bertz CT molecular complexity index is 958. The predicted octanol–water partition coefficient (Wildman–Crippen LogP) is 5.02. The van der Waals surface area contributed by atoms with E-state index in [4.69, 9.17) is 14.2 Å². The van der Waals surface area contributed by atoms with Crippen LogP contribution in [0.4, 0.5) is 0 Å². The van der Waals surface area contributed by atoms with Crippen molar-refractivity contribution in [3.63, 3.8) is 0 Å². The van der Waals surface area contributed by atoms with Crippen LogP contribution in [0.1, 0.15) is 70.8 Å². The third-order valence-corrected chi connectivity index (χ3v) is 7.94. The van der Waals surface area contributed by atoms with E-state index in [1.807, 2.05) is 19.1 Å². The number of carbonyl (C=O) groups is 1. The first-order chi connectivity index (χ1) is 16.5. The average molecular weight is 489 g/mol. The fraction of sp³-hybridized carbons (Fsp3) is 0.640. The van der Waals surface area contributed by atoms with Crippen molar-refractivity contribution in [3.8, 4) is 28.6 Å². The van der Waals surface area contributed by atoms with Gasteiger partial charge in [-0.15, -0.1) is 10.2 Å². The Morgan fingerprint density at radius 1 is 0.971 bits per heavy atom. The second-order valence-electron chi connectivity index (χ2n) is 9.13. The van der Waals surface area contributed by atoms with E-state index in [0.29, 0.717) is 29.3 Å². The SMILES string of the molecule is COc1cc(-c2nnc(SC(C)C(=O)NC3CCCC3)n2C2CCCCC2)cc(OC)c1OC. The van der Waals surface area contributed by atoms with Gasteiger partial charge >= 0.3 is 0 Å². The highest BCUT2D eigenvalue weighted by Crippen LogP contribution is 2.43. The van der Waals surface area contributed by atoms with E-state index in [9.17, 15) is 4.79 Å². The molecule has 0 aliphatic heterocycles. The smallest absolute Gasteiger partial charge is 0.233 e. The average Bonchev–Trinajstić information content (AvgIpc) is 3.53. The summed E-state index contributed by atoms with van der Waals surface area (Å²) in [5, 5.41) is 12.9. The standard InChI is InChI=1S/C25H36N4O4S/c1-16(24(30)26-18-10-8-9-11-18)34-25-28-27-23(29(25)19-12-6-5-7-13-19)17-14-20(31-2)22(33-4)21(15-17)32-3/h14-16,18-19H,5-13H2,1-4H3,(H,26,30). The van der Waals surface area contributed by atoms with Crippen molar-refractivity contribution < 1.29 is 19.0 Å². The summed E-state index contributed by atoms with van der Waals surface area (Å²) in [5.74, 6) is 2.54. The Kier molecular flexibility index (Phi) is 8.24. The Balaban J connectivity index is 1.66. The van der Waals surface area contributed by atoms with Crippen molar-refractivity contribution in [1.82, 2.24) is 20.1 Å². The van der Waals surface area contributed by atoms with Crippen LogP contribution in [0, 0.1) is 0 Å². The van der Waals surface area contributed by atoms with E-state index in [2.05, 4.69) is 20.1 Å². The number of hydrogen-bond donors (Lipinski definition) is 1. The van der Waals surface area contributed by atoms with Crippen LogP contribution in [0.25, 0.3) is 11.4 Å². The van der Waals surface area contributed by atoms with Crippen LogP contribution >= 0.6 is 11.8 Å². The largest absolute Gasteiger partial charge is 0.493 e. The van der Waals surface area contributed by atoms with Gasteiger partial charge in [0.05, 0.1) is 26.6 Å². The number of nitrogens with zero attached hydrogens (tertiary/aromatic N) is 3. The van der Waals surface area contributed by atoms with E-state index in [0.717, 1.165) is 42.2 Å². The fourth-order valence-corrected chi connectivity index (χ4v) is 5.96. The Labute approximate surface area is 206 Å². The summed E-state index contributed by atoms with van der Waals surface area (Å²) in [6.07, 6.45) is 10.3. The summed E-state index contributed by atoms with van der Waals surface area (Å²) in [6.45, 7) is 1.95. The maximum absolute atomic E-state index is 12.9. The second kappa shape index (κ2) is 11.3. The van der Waals surface area contributed by atoms with Gasteiger partial charge in [-0.1, -0.05) is 43.9 Å². The number of carbonyl (C=O) groups excluding carboxylic acids is 1. The van der Waals surface area contributed by atoms with Crippen molar-refractivity contribution in [1.29, 1.82) is 0 Å². The lowest BCUT2D eigenvalue weighted by Gasteiger charge is -2.26. The lowest BCUT2D eigenvalue weighted by atomic mass is 9.95. The first-order valence-corrected chi connectivity index (χ1v) is 13.2. The Morgan fingerprint density at radius 3 is 2.18 bits per heavy atom. The van der Waals surface area contributed by atoms with Gasteiger partial charge in [0.15, 0.2) is 22.5 Å². The van der Waals surface area contributed by atoms with Crippen LogP contribution in [-0.4, -0.2) is 53.3 Å². The number of hydrogen-bond acceptors (Lipinski definition) is 7. The molecule has 8 nitrogen and oxygen atoms in total. The minimum absolute atomic E-state index is 0.0735. The minimum Gasteiger partial charge on any atom is -0.493 e. The van der Waals surface area contributed by atoms with E-state index in [-0.39, 0.29) is 11.2 Å². The normalized spacial score (nSPS) is 18.0. The predicted molar refractivity (Wildman–Crippen MR) is 133 cm³/mol. The van der Waals surface area contributed by atoms with Gasteiger partial charge in [0, 0.05) is 17.6 Å². The monoisotopic (exact) mass is 488 g/mol. The number of methoxy groups -OCH3 is 3. The number of thioether (sulfide) groups is 1. The molecule has 1 heterocycles. The highest BCUT2D eigenvalue weighted by Gasteiger charge is 2.28. The molecular formula is C25H36N4O4S. The molecule has 0 spiro atoms. The van der Waals surface area contributed by atoms with Gasteiger partial charge in [-0.2, -0.15) is 0 Å². The first-order valence-electron chi connectivity index (χ1n) is 12.3. The summed E-state index contributed by atoms with van der Waals surface area (Å²) >= 11 is 1.49. The molecule has 1 unspecified atom stereocenters. The number of nitrogens with one attached hydrogen (secondary N) is 1. The van der Waals surface area contributed by atoms with E-state index < -0.39 is 0 Å². The molecule has 2 aliphatic carbocycles. The lowest BCUT2D eigenvalue weighted by molar-refractivity contribution is -0.120. The summed E-state index contributed by atoms with van der Waals surface area (Å²) in [7, 11) is 4.81. The van der Waals surface area contributed by atoms with E-state index >= 15 is 0 Å². The highest BCUT2D eigenvalue weighted by molar-refractivity contribution is 8.00. The molecule has 1 amide bonds. The van der Waals surface area contributed by atoms with Crippen molar-refractivity contribution in [2.45, 2.75) is 87.2 Å². The van der Waals surface area contributed by atoms with Gasteiger partial charge in [-0.05, 0) is 44.7 Å². The zero-order valence-corrected chi connectivity index (χ0v) is 21.5. The van der Waals surface area contributed by atoms with Gasteiger partial charge in [0.2, 0.25) is 11.7 Å². The molecule has 9 heteroatoms. The number of benzene rings is 1. The number of aromatic nitrogens is 3. The van der Waals surface area contributed by atoms with Crippen molar-refractivity contribution >= 4 is 17.7 Å². The Morgan fingerprint density at radius 2 is 1.59 bits per heavy atom. The topological polar surface area (TPSA) is 87.5 Å². The molecule has 0 bridgehead atoms. The molecule has 1 aromatic carbocycles. The van der Waals surface area contributed by atoms with Crippen molar-refractivity contribution in [2.75, 3.05) is 21.3 Å². The van der Waals surface area contributed by atoms with Gasteiger partial charge in [0.1, 0.15) is 0 Å². The minimum atomic E-state index is -0.250. The maximum Gasteiger partial charge on any atom is 0.233 e. The van der Waals surface area contributed by atoms with Gasteiger partial charge in [-0.3, -0.25) is 9.36 Å². The third-order valence-electron chi connectivity index (χ3n) is 6.88. The molecule has 2 fully saturated rings. The van der Waals surface area contributed by atoms with E-state index in [1.54, 1.807) is 21.3 Å². The van der Waals surface area contributed by atoms with Crippen LogP contribution in [0.3, 0.4) is 0 Å². The molecule has 2 aromatic rings. The lowest BCUT2D eigenvalue weighted by Crippen LogP contribution is -2.37. The molecule has 1 N–H and O–H groups in total. The van der Waals surface area contributed by atoms with Crippen molar-refractivity contribution in [2.24, 2.45) is 0 Å². The van der Waals surface area contributed by atoms with Crippen LogP contribution < -0.4 is 19.5 Å². The zero-order valence-electron chi connectivity index (χ0n) is 20.6. The van der Waals surface area contributed by atoms with E-state index in [1.165, 1.54) is 43.9 Å². The van der Waals surface area contributed by atoms with Crippen LogP contribution in [0.5, 0.6) is 17.2 Å². The summed E-state index contributed by atoms with van der Waals surface area (Å²) in [4.78, 5) is 12.9. The molecule has 0 saturated heterocycles. The number of amides is 1. The summed E-state index contributed by atoms with van der Waals surface area (Å²) in [6, 6.07) is 4.43. The van der Waals surface area contributed by atoms with Gasteiger partial charge in [-0.25, -0.2) is 0 Å². The quantitative estimate of drug-likeness (QED) is 0.496. The maximum atomic E-state index is 12.9. The Hall–Kier alpha value is -2.42.